The van der Waals surface area contributed by atoms with Crippen molar-refractivity contribution in [3.63, 3.8) is 0 Å². The average Bonchev–Trinajstić information content (AvgIpc) is 2.41. The summed E-state index contributed by atoms with van der Waals surface area (Å²) in [4.78, 5) is 12.6. The summed E-state index contributed by atoms with van der Waals surface area (Å²) in [6, 6.07) is 6.27. The van der Waals surface area contributed by atoms with E-state index in [9.17, 15) is 4.79 Å². The Balaban J connectivity index is 2.14. The molecule has 0 spiro atoms. The molecule has 3 unspecified atom stereocenters. The molecule has 0 saturated heterocycles. The maximum Gasteiger partial charge on any atom is 0.252 e. The number of amides is 1. The molecule has 2 nitrogen and oxygen atoms in total. The predicted molar refractivity (Wildman–Crippen MR) is 96.5 cm³/mol. The van der Waals surface area contributed by atoms with Crippen molar-refractivity contribution in [1.82, 2.24) is 5.32 Å². The predicted octanol–water partition coefficient (Wildman–Crippen LogP) is 4.79. The fourth-order valence-electron chi connectivity index (χ4n) is 3.44. The molecule has 1 aliphatic rings. The lowest BCUT2D eigenvalue weighted by Gasteiger charge is -2.37. The Kier molecular flexibility index (Phi) is 5.69. The summed E-state index contributed by atoms with van der Waals surface area (Å²) in [5, 5.41) is 3.32. The fourth-order valence-corrected chi connectivity index (χ4v) is 4.04. The van der Waals surface area contributed by atoms with Gasteiger partial charge in [-0.1, -0.05) is 39.3 Å². The van der Waals surface area contributed by atoms with Gasteiger partial charge in [-0.25, -0.2) is 0 Å². The van der Waals surface area contributed by atoms with Gasteiger partial charge < -0.3 is 5.32 Å². The third-order valence-corrected chi connectivity index (χ3v) is 6.21. The van der Waals surface area contributed by atoms with Crippen LogP contribution in [0.25, 0.3) is 0 Å². The van der Waals surface area contributed by atoms with E-state index in [2.05, 4.69) is 61.7 Å². The van der Waals surface area contributed by atoms with Gasteiger partial charge in [0.2, 0.25) is 0 Å². The Hall–Kier alpha value is -0.580. The van der Waals surface area contributed by atoms with Crippen molar-refractivity contribution < 1.29 is 4.79 Å². The number of halogens is 1. The van der Waals surface area contributed by atoms with E-state index >= 15 is 0 Å². The van der Waals surface area contributed by atoms with E-state index in [1.807, 2.05) is 12.1 Å². The van der Waals surface area contributed by atoms with Crippen LogP contribution in [0, 0.1) is 28.2 Å². The highest BCUT2D eigenvalue weighted by atomic mass is 127. The largest absolute Gasteiger partial charge is 0.349 e. The minimum absolute atomic E-state index is 0.0906. The Bertz CT molecular complexity index is 512. The van der Waals surface area contributed by atoms with Crippen molar-refractivity contribution in [2.24, 2.45) is 17.8 Å². The topological polar surface area (TPSA) is 29.1 Å². The lowest BCUT2D eigenvalue weighted by Crippen LogP contribution is -2.45. The van der Waals surface area contributed by atoms with Crippen LogP contribution >= 0.6 is 22.6 Å². The van der Waals surface area contributed by atoms with Crippen molar-refractivity contribution in [3.05, 3.63) is 32.9 Å². The first kappa shape index (κ1) is 16.8. The number of carbonyl (C=O) groups is 1. The van der Waals surface area contributed by atoms with E-state index in [1.54, 1.807) is 0 Å². The zero-order valence-electron chi connectivity index (χ0n) is 13.4. The Morgan fingerprint density at radius 3 is 2.71 bits per heavy atom. The molecule has 1 N–H and O–H groups in total. The van der Waals surface area contributed by atoms with Crippen molar-refractivity contribution >= 4 is 28.5 Å². The SMILES string of the molecule is Cc1cccc(C(=O)NC2CC(C)CCC2C(C)C)c1I. The molecule has 116 valence electrons. The zero-order chi connectivity index (χ0) is 15.6. The smallest absolute Gasteiger partial charge is 0.252 e. The maximum absolute atomic E-state index is 12.6. The first-order chi connectivity index (χ1) is 9.90. The van der Waals surface area contributed by atoms with Crippen molar-refractivity contribution in [3.8, 4) is 0 Å². The van der Waals surface area contributed by atoms with Crippen LogP contribution in [0.5, 0.6) is 0 Å². The second-order valence-corrected chi connectivity index (χ2v) is 7.92. The van der Waals surface area contributed by atoms with Gasteiger partial charge in [0.25, 0.3) is 5.91 Å². The second-order valence-electron chi connectivity index (χ2n) is 6.84. The van der Waals surface area contributed by atoms with Crippen molar-refractivity contribution in [2.45, 2.75) is 53.0 Å². The molecule has 2 rings (SSSR count). The minimum atomic E-state index is 0.0906. The van der Waals surface area contributed by atoms with Gasteiger partial charge in [-0.15, -0.1) is 0 Å². The van der Waals surface area contributed by atoms with Crippen LogP contribution in [0.3, 0.4) is 0 Å². The number of nitrogens with one attached hydrogen (secondary N) is 1. The molecule has 21 heavy (non-hydrogen) atoms. The molecular weight excluding hydrogens is 373 g/mol. The number of rotatable bonds is 3. The third-order valence-electron chi connectivity index (χ3n) is 4.78. The fraction of sp³-hybridized carbons (Fsp3) is 0.611. The molecule has 1 aromatic rings. The molecule has 0 bridgehead atoms. The van der Waals surface area contributed by atoms with E-state index in [-0.39, 0.29) is 5.91 Å². The number of hydrogen-bond donors (Lipinski definition) is 1. The van der Waals surface area contributed by atoms with E-state index in [4.69, 9.17) is 0 Å². The summed E-state index contributed by atoms with van der Waals surface area (Å²) < 4.78 is 1.07. The highest BCUT2D eigenvalue weighted by Gasteiger charge is 2.32. The molecule has 1 aromatic carbocycles. The molecule has 3 heteroatoms. The summed E-state index contributed by atoms with van der Waals surface area (Å²) in [6.45, 7) is 8.90. The third kappa shape index (κ3) is 3.99. The first-order valence-electron chi connectivity index (χ1n) is 7.96. The van der Waals surface area contributed by atoms with Crippen LogP contribution < -0.4 is 5.32 Å². The first-order valence-corrected chi connectivity index (χ1v) is 9.04. The van der Waals surface area contributed by atoms with E-state index < -0.39 is 0 Å². The van der Waals surface area contributed by atoms with Crippen LogP contribution in [0.15, 0.2) is 18.2 Å². The molecular formula is C18H26INO. The van der Waals surface area contributed by atoms with Crippen LogP contribution in [0.4, 0.5) is 0 Å². The molecule has 1 fully saturated rings. The van der Waals surface area contributed by atoms with Gasteiger partial charge in [-0.3, -0.25) is 4.79 Å². The summed E-state index contributed by atoms with van der Waals surface area (Å²) in [5.41, 5.74) is 1.98. The number of hydrogen-bond acceptors (Lipinski definition) is 1. The number of benzene rings is 1. The number of carbonyl (C=O) groups excluding carboxylic acids is 1. The molecule has 0 aromatic heterocycles. The molecule has 0 radical (unpaired) electrons. The van der Waals surface area contributed by atoms with Gasteiger partial charge in [0, 0.05) is 9.61 Å². The molecule has 0 heterocycles. The minimum Gasteiger partial charge on any atom is -0.349 e. The van der Waals surface area contributed by atoms with Gasteiger partial charge in [-0.2, -0.15) is 0 Å². The van der Waals surface area contributed by atoms with Gasteiger partial charge in [0.05, 0.1) is 5.56 Å². The lowest BCUT2D eigenvalue weighted by molar-refractivity contribution is 0.0867. The maximum atomic E-state index is 12.6. The molecule has 1 amide bonds. The average molecular weight is 399 g/mol. The van der Waals surface area contributed by atoms with Crippen molar-refractivity contribution in [2.75, 3.05) is 0 Å². The molecule has 0 aliphatic heterocycles. The summed E-state index contributed by atoms with van der Waals surface area (Å²) in [6.07, 6.45) is 3.63. The van der Waals surface area contributed by atoms with Gasteiger partial charge in [0.15, 0.2) is 0 Å². The molecule has 1 aliphatic carbocycles. The highest BCUT2D eigenvalue weighted by molar-refractivity contribution is 14.1. The van der Waals surface area contributed by atoms with Crippen molar-refractivity contribution in [1.29, 1.82) is 0 Å². The molecule has 1 saturated carbocycles. The highest BCUT2D eigenvalue weighted by Crippen LogP contribution is 2.33. The lowest BCUT2D eigenvalue weighted by atomic mass is 9.74. The normalized spacial score (nSPS) is 25.9. The molecule has 3 atom stereocenters. The van der Waals surface area contributed by atoms with E-state index in [1.165, 1.54) is 18.4 Å². The van der Waals surface area contributed by atoms with E-state index in [0.29, 0.717) is 23.8 Å². The Labute approximate surface area is 142 Å². The van der Waals surface area contributed by atoms with Gasteiger partial charge in [-0.05, 0) is 71.7 Å². The monoisotopic (exact) mass is 399 g/mol. The van der Waals surface area contributed by atoms with Crippen LogP contribution in [-0.2, 0) is 0 Å². The number of aryl methyl sites for hydroxylation is 1. The Morgan fingerprint density at radius 2 is 2.05 bits per heavy atom. The zero-order valence-corrected chi connectivity index (χ0v) is 15.6. The van der Waals surface area contributed by atoms with Crippen LogP contribution in [-0.4, -0.2) is 11.9 Å². The summed E-state index contributed by atoms with van der Waals surface area (Å²) in [5.74, 6) is 2.03. The van der Waals surface area contributed by atoms with Crippen LogP contribution in [0.1, 0.15) is 56.0 Å². The Morgan fingerprint density at radius 1 is 1.33 bits per heavy atom. The van der Waals surface area contributed by atoms with E-state index in [0.717, 1.165) is 15.6 Å². The van der Waals surface area contributed by atoms with Gasteiger partial charge in [0.1, 0.15) is 0 Å². The second kappa shape index (κ2) is 7.12. The summed E-state index contributed by atoms with van der Waals surface area (Å²) in [7, 11) is 0. The van der Waals surface area contributed by atoms with Crippen LogP contribution in [0.2, 0.25) is 0 Å². The van der Waals surface area contributed by atoms with Gasteiger partial charge >= 0.3 is 0 Å². The quantitative estimate of drug-likeness (QED) is 0.728. The summed E-state index contributed by atoms with van der Waals surface area (Å²) >= 11 is 2.28. The standard InChI is InChI=1S/C18H26INO/c1-11(2)14-9-8-12(3)10-16(14)20-18(21)15-7-5-6-13(4)17(15)19/h5-7,11-12,14,16H,8-10H2,1-4H3,(H,20,21).